The third-order valence-corrected chi connectivity index (χ3v) is 2.81. The Bertz CT molecular complexity index is 467. The molecule has 0 saturated carbocycles. The summed E-state index contributed by atoms with van der Waals surface area (Å²) in [5, 5.41) is 17.6. The summed E-state index contributed by atoms with van der Waals surface area (Å²) >= 11 is 2.11. The molecule has 17 heavy (non-hydrogen) atoms. The van der Waals surface area contributed by atoms with Crippen molar-refractivity contribution in [2.45, 2.75) is 13.2 Å². The van der Waals surface area contributed by atoms with Crippen LogP contribution in [0.25, 0.3) is 0 Å². The number of carbonyl (C=O) groups is 1. The number of rotatable bonds is 2. The highest BCUT2D eigenvalue weighted by atomic mass is 127. The molecule has 2 rings (SSSR count). The Balaban J connectivity index is 2.28. The Morgan fingerprint density at radius 2 is 2.35 bits per heavy atom. The van der Waals surface area contributed by atoms with Crippen LogP contribution in [-0.2, 0) is 9.53 Å². The number of allylic oxidation sites excluding steroid dienone is 2. The lowest BCUT2D eigenvalue weighted by atomic mass is 10.2. The number of ether oxygens (including phenoxy) is 1. The van der Waals surface area contributed by atoms with E-state index in [4.69, 9.17) is 4.74 Å². The molecule has 0 saturated heterocycles. The summed E-state index contributed by atoms with van der Waals surface area (Å²) in [6.45, 7) is 1.92. The molecule has 0 aliphatic carbocycles. The second-order valence-corrected chi connectivity index (χ2v) is 4.54. The van der Waals surface area contributed by atoms with Gasteiger partial charge in [0.15, 0.2) is 17.8 Å². The van der Waals surface area contributed by atoms with E-state index in [0.29, 0.717) is 5.84 Å². The minimum atomic E-state index is -1.16. The van der Waals surface area contributed by atoms with Gasteiger partial charge in [-0.3, -0.25) is 4.90 Å². The number of carbonyl (C=O) groups excluding carboxylic acids is 1. The fraction of sp³-hybridized carbons (Fsp3) is 0.300. The van der Waals surface area contributed by atoms with Crippen molar-refractivity contribution in [1.82, 2.24) is 4.90 Å². The van der Waals surface area contributed by atoms with Gasteiger partial charge in [-0.1, -0.05) is 0 Å². The van der Waals surface area contributed by atoms with Gasteiger partial charge in [-0.05, 0) is 41.7 Å². The molecule has 0 amide bonds. The summed E-state index contributed by atoms with van der Waals surface area (Å²) in [7, 11) is 0. The van der Waals surface area contributed by atoms with Crippen LogP contribution in [0.3, 0.4) is 0 Å². The molecule has 0 fully saturated rings. The number of nitrogens with zero attached hydrogens (tertiary/aromatic N) is 3. The summed E-state index contributed by atoms with van der Waals surface area (Å²) < 4.78 is 5.71. The average Bonchev–Trinajstić information content (AvgIpc) is 2.30. The standard InChI is InChI=1S/C10H10IN3O3/c1-2-17-10(16)8-9(15)14-5-6(11)3-4-7(14)12-13-8/h3-5,9,15H,2H2,1H3/t9-/m0/s1. The summed E-state index contributed by atoms with van der Waals surface area (Å²) in [5.41, 5.74) is -0.105. The van der Waals surface area contributed by atoms with Gasteiger partial charge in [-0.25, -0.2) is 4.79 Å². The molecule has 0 aromatic carbocycles. The topological polar surface area (TPSA) is 74.5 Å². The van der Waals surface area contributed by atoms with E-state index in [-0.39, 0.29) is 12.3 Å². The van der Waals surface area contributed by atoms with Gasteiger partial charge in [0.2, 0.25) is 0 Å². The summed E-state index contributed by atoms with van der Waals surface area (Å²) in [6.07, 6.45) is 4.10. The number of fused-ring (bicyclic) bond motifs is 1. The van der Waals surface area contributed by atoms with Crippen molar-refractivity contribution in [2.75, 3.05) is 6.61 Å². The molecule has 0 unspecified atom stereocenters. The van der Waals surface area contributed by atoms with Crippen LogP contribution in [0.5, 0.6) is 0 Å². The van der Waals surface area contributed by atoms with Crippen LogP contribution in [0, 0.1) is 0 Å². The van der Waals surface area contributed by atoms with Gasteiger partial charge >= 0.3 is 5.97 Å². The monoisotopic (exact) mass is 347 g/mol. The van der Waals surface area contributed by atoms with Crippen LogP contribution in [-0.4, -0.2) is 40.4 Å². The highest BCUT2D eigenvalue weighted by molar-refractivity contribution is 14.1. The van der Waals surface area contributed by atoms with Crippen LogP contribution >= 0.6 is 22.6 Å². The average molecular weight is 347 g/mol. The van der Waals surface area contributed by atoms with Crippen molar-refractivity contribution in [3.63, 3.8) is 0 Å². The van der Waals surface area contributed by atoms with Crippen molar-refractivity contribution in [3.8, 4) is 0 Å². The van der Waals surface area contributed by atoms with Crippen molar-refractivity contribution in [3.05, 3.63) is 21.9 Å². The highest BCUT2D eigenvalue weighted by Crippen LogP contribution is 2.20. The minimum absolute atomic E-state index is 0.105. The van der Waals surface area contributed by atoms with Crippen molar-refractivity contribution >= 4 is 40.1 Å². The Hall–Kier alpha value is -1.22. The Morgan fingerprint density at radius 3 is 3.06 bits per heavy atom. The maximum Gasteiger partial charge on any atom is 0.359 e. The maximum absolute atomic E-state index is 11.5. The van der Waals surface area contributed by atoms with Crippen molar-refractivity contribution in [2.24, 2.45) is 10.2 Å². The molecule has 1 N–H and O–H groups in total. The molecule has 0 aromatic heterocycles. The molecule has 6 nitrogen and oxygen atoms in total. The zero-order valence-corrected chi connectivity index (χ0v) is 11.2. The fourth-order valence-corrected chi connectivity index (χ4v) is 1.88. The van der Waals surface area contributed by atoms with Crippen LogP contribution < -0.4 is 0 Å². The number of halogens is 1. The van der Waals surface area contributed by atoms with E-state index >= 15 is 0 Å². The summed E-state index contributed by atoms with van der Waals surface area (Å²) in [4.78, 5) is 13.0. The number of hydrogen-bond acceptors (Lipinski definition) is 6. The van der Waals surface area contributed by atoms with Crippen molar-refractivity contribution < 1.29 is 14.6 Å². The van der Waals surface area contributed by atoms with Crippen LogP contribution in [0.1, 0.15) is 6.92 Å². The third-order valence-electron chi connectivity index (χ3n) is 2.17. The highest BCUT2D eigenvalue weighted by Gasteiger charge is 2.32. The normalized spacial score (nSPS) is 22.4. The maximum atomic E-state index is 11.5. The summed E-state index contributed by atoms with van der Waals surface area (Å²) in [6, 6.07) is 0. The van der Waals surface area contributed by atoms with E-state index in [9.17, 15) is 9.90 Å². The lowest BCUT2D eigenvalue weighted by molar-refractivity contribution is -0.135. The van der Waals surface area contributed by atoms with Gasteiger partial charge in [0.05, 0.1) is 6.61 Å². The number of esters is 1. The molecule has 0 radical (unpaired) electrons. The second kappa shape index (κ2) is 4.96. The van der Waals surface area contributed by atoms with E-state index in [1.807, 2.05) is 6.08 Å². The zero-order valence-electron chi connectivity index (χ0n) is 9.00. The van der Waals surface area contributed by atoms with Gasteiger partial charge < -0.3 is 9.84 Å². The van der Waals surface area contributed by atoms with Crippen LogP contribution in [0.4, 0.5) is 0 Å². The molecule has 90 valence electrons. The van der Waals surface area contributed by atoms with Gasteiger partial charge in [0.25, 0.3) is 0 Å². The molecule has 1 atom stereocenters. The molecule has 0 spiro atoms. The molecular formula is C10H10IN3O3. The van der Waals surface area contributed by atoms with Gasteiger partial charge in [-0.15, -0.1) is 10.2 Å². The largest absolute Gasteiger partial charge is 0.461 e. The van der Waals surface area contributed by atoms with E-state index < -0.39 is 12.2 Å². The quantitative estimate of drug-likeness (QED) is 0.592. The number of aliphatic hydroxyl groups is 1. The second-order valence-electron chi connectivity index (χ2n) is 3.29. The fourth-order valence-electron chi connectivity index (χ4n) is 1.40. The van der Waals surface area contributed by atoms with Gasteiger partial charge in [0.1, 0.15) is 0 Å². The van der Waals surface area contributed by atoms with E-state index in [0.717, 1.165) is 3.58 Å². The molecule has 2 aliphatic heterocycles. The number of amidine groups is 1. The van der Waals surface area contributed by atoms with E-state index in [2.05, 4.69) is 32.8 Å². The Labute approximate surface area is 111 Å². The third kappa shape index (κ3) is 2.39. The number of hydrogen-bond donors (Lipinski definition) is 1. The molecule has 0 aromatic rings. The molecule has 7 heteroatoms. The Kier molecular flexibility index (Phi) is 3.57. The summed E-state index contributed by atoms with van der Waals surface area (Å²) in [5.74, 6) is -0.160. The Morgan fingerprint density at radius 1 is 1.59 bits per heavy atom. The predicted octanol–water partition coefficient (Wildman–Crippen LogP) is 0.784. The molecular weight excluding hydrogens is 337 g/mol. The lowest BCUT2D eigenvalue weighted by Gasteiger charge is -2.30. The van der Waals surface area contributed by atoms with Crippen LogP contribution in [0.2, 0.25) is 0 Å². The predicted molar refractivity (Wildman–Crippen MR) is 70.6 cm³/mol. The molecule has 2 heterocycles. The smallest absolute Gasteiger partial charge is 0.359 e. The molecule has 0 bridgehead atoms. The first-order valence-electron chi connectivity index (χ1n) is 4.98. The first-order chi connectivity index (χ1) is 8.13. The van der Waals surface area contributed by atoms with Crippen molar-refractivity contribution in [1.29, 1.82) is 0 Å². The van der Waals surface area contributed by atoms with Gasteiger partial charge in [-0.2, -0.15) is 0 Å². The van der Waals surface area contributed by atoms with Gasteiger partial charge in [0, 0.05) is 9.78 Å². The van der Waals surface area contributed by atoms with Crippen LogP contribution in [0.15, 0.2) is 32.1 Å². The SMILES string of the molecule is CCOC(=O)C1=NN=C2C=CC(I)=CN2[C@H]1O. The molecule has 2 aliphatic rings. The minimum Gasteiger partial charge on any atom is -0.461 e. The lowest BCUT2D eigenvalue weighted by Crippen LogP contribution is -2.47. The van der Waals surface area contributed by atoms with E-state index in [1.54, 1.807) is 19.2 Å². The first-order valence-corrected chi connectivity index (χ1v) is 6.06. The zero-order chi connectivity index (χ0) is 12.4. The van der Waals surface area contributed by atoms with E-state index in [1.165, 1.54) is 4.90 Å². The number of aliphatic hydroxyl groups excluding tert-OH is 1. The first kappa shape index (κ1) is 12.2.